The molecular weight excluding hydrogens is 547 g/mol. The number of nitrogens with zero attached hydrogens (tertiary/aromatic N) is 1. The van der Waals surface area contributed by atoms with E-state index in [1.54, 1.807) is 20.0 Å². The van der Waals surface area contributed by atoms with Gasteiger partial charge in [-0.05, 0) is 43.2 Å². The number of halogens is 1. The van der Waals surface area contributed by atoms with Gasteiger partial charge in [-0.25, -0.2) is 6.54 Å². The van der Waals surface area contributed by atoms with Gasteiger partial charge >= 0.3 is 29.2 Å². The molecule has 0 N–H and O–H groups in total. The average Bonchev–Trinajstić information content (AvgIpc) is 2.93. The summed E-state index contributed by atoms with van der Waals surface area (Å²) < 4.78 is 0. The SMILES string of the molecule is CC(C)c1cccc(C(C)C)c1N1[CH-][C@@](C)(c2ccccc2)CC1(C)C.[Cl][Au]. The third kappa shape index (κ3) is 4.70. The van der Waals surface area contributed by atoms with Crippen LogP contribution in [0.5, 0.6) is 0 Å². The molecule has 1 fully saturated rings. The summed E-state index contributed by atoms with van der Waals surface area (Å²) in [6.45, 7) is 18.9. The molecule has 2 aromatic rings. The Labute approximate surface area is 188 Å². The van der Waals surface area contributed by atoms with Crippen molar-refractivity contribution in [1.29, 1.82) is 0 Å². The molecule has 1 nitrogen and oxygen atoms in total. The van der Waals surface area contributed by atoms with Crippen LogP contribution in [0.2, 0.25) is 0 Å². The molecule has 0 bridgehead atoms. The predicted molar refractivity (Wildman–Crippen MR) is 120 cm³/mol. The van der Waals surface area contributed by atoms with Crippen LogP contribution in [-0.2, 0) is 25.4 Å². The van der Waals surface area contributed by atoms with E-state index >= 15 is 0 Å². The number of anilines is 1. The molecule has 1 heterocycles. The van der Waals surface area contributed by atoms with Gasteiger partial charge in [0, 0.05) is 11.2 Å². The van der Waals surface area contributed by atoms with Gasteiger partial charge in [-0.15, -0.1) is 5.41 Å². The topological polar surface area (TPSA) is 3.24 Å². The summed E-state index contributed by atoms with van der Waals surface area (Å²) in [6.07, 6.45) is 1.12. The van der Waals surface area contributed by atoms with Gasteiger partial charge in [-0.2, -0.15) is 0 Å². The zero-order valence-electron chi connectivity index (χ0n) is 18.2. The maximum absolute atomic E-state index is 4.58. The Morgan fingerprint density at radius 1 is 0.857 bits per heavy atom. The summed E-state index contributed by atoms with van der Waals surface area (Å²) in [5.41, 5.74) is 5.89. The maximum atomic E-state index is 4.58. The Kier molecular flexibility index (Phi) is 7.90. The van der Waals surface area contributed by atoms with Crippen LogP contribution in [0.25, 0.3) is 0 Å². The minimum absolute atomic E-state index is 0.0586. The Balaban J connectivity index is 0.00000136. The van der Waals surface area contributed by atoms with Gasteiger partial charge in [0.2, 0.25) is 0 Å². The zero-order chi connectivity index (χ0) is 21.1. The molecule has 0 aliphatic carbocycles. The van der Waals surface area contributed by atoms with Crippen molar-refractivity contribution in [2.24, 2.45) is 0 Å². The van der Waals surface area contributed by atoms with Crippen molar-refractivity contribution < 1.29 is 20.0 Å². The van der Waals surface area contributed by atoms with Crippen LogP contribution in [0.3, 0.4) is 0 Å². The van der Waals surface area contributed by atoms with E-state index in [9.17, 15) is 0 Å². The molecule has 1 atom stereocenters. The summed E-state index contributed by atoms with van der Waals surface area (Å²) in [5, 5.41) is 0. The Hall–Kier alpha value is -0.730. The minimum atomic E-state index is 0.0586. The molecule has 28 heavy (non-hydrogen) atoms. The van der Waals surface area contributed by atoms with Gasteiger partial charge in [-0.1, -0.05) is 88.7 Å². The molecule has 158 valence electrons. The van der Waals surface area contributed by atoms with E-state index in [0.29, 0.717) is 11.8 Å². The van der Waals surface area contributed by atoms with Crippen LogP contribution in [0, 0.1) is 6.54 Å². The number of benzene rings is 2. The molecule has 0 unspecified atom stereocenters. The molecule has 1 aliphatic heterocycles. The van der Waals surface area contributed by atoms with Gasteiger partial charge in [0.15, 0.2) is 0 Å². The summed E-state index contributed by atoms with van der Waals surface area (Å²) in [4.78, 5) is 2.59. The molecular formula is C25H34AuClN-. The van der Waals surface area contributed by atoms with Gasteiger partial charge in [-0.3, -0.25) is 0 Å². The second kappa shape index (κ2) is 9.39. The molecule has 3 heteroatoms. The third-order valence-corrected chi connectivity index (χ3v) is 5.88. The van der Waals surface area contributed by atoms with Crippen molar-refractivity contribution in [3.05, 3.63) is 71.8 Å². The zero-order valence-corrected chi connectivity index (χ0v) is 21.1. The van der Waals surface area contributed by atoms with Gasteiger partial charge in [0.1, 0.15) is 0 Å². The molecule has 0 aromatic heterocycles. The number of para-hydroxylation sites is 1. The standard InChI is InChI=1S/C25H34N.Au.ClH/c1-18(2)21-14-11-15-22(19(3)4)23(21)26-17-25(7,16-24(26,5)6)20-12-9-8-10-13-20;;/h8-15,17-19H,16H2,1-7H3;;1H/q-1;+1;/p-1/t25-;;/m0../s1. The van der Waals surface area contributed by atoms with Crippen molar-refractivity contribution in [2.75, 3.05) is 4.90 Å². The molecule has 2 aromatic carbocycles. The number of rotatable bonds is 4. The fourth-order valence-corrected chi connectivity index (χ4v) is 4.64. The Bertz CT molecular complexity index is 743. The molecule has 1 saturated heterocycles. The quantitative estimate of drug-likeness (QED) is 0.264. The first-order valence-electron chi connectivity index (χ1n) is 10.1. The van der Waals surface area contributed by atoms with E-state index in [-0.39, 0.29) is 11.0 Å². The molecule has 0 radical (unpaired) electrons. The fraction of sp³-hybridized carbons (Fsp3) is 0.480. The van der Waals surface area contributed by atoms with Crippen LogP contribution in [0.4, 0.5) is 5.69 Å². The molecule has 0 saturated carbocycles. The molecule has 3 rings (SSSR count). The van der Waals surface area contributed by atoms with E-state index in [1.165, 1.54) is 22.4 Å². The molecule has 0 spiro atoms. The number of hydrogen-bond acceptors (Lipinski definition) is 1. The normalized spacial score (nSPS) is 21.1. The first-order chi connectivity index (χ1) is 13.2. The summed E-state index contributed by atoms with van der Waals surface area (Å²) in [5.74, 6) is 1.02. The molecule has 0 amide bonds. The third-order valence-electron chi connectivity index (χ3n) is 5.88. The van der Waals surface area contributed by atoms with Gasteiger partial charge in [0.25, 0.3) is 0 Å². The first-order valence-corrected chi connectivity index (χ1v) is 12.8. The van der Waals surface area contributed by atoms with Crippen molar-refractivity contribution in [2.45, 2.75) is 77.7 Å². The summed E-state index contributed by atoms with van der Waals surface area (Å²) >= 11 is 1.75. The van der Waals surface area contributed by atoms with Crippen molar-refractivity contribution in [3.8, 4) is 0 Å². The van der Waals surface area contributed by atoms with Gasteiger partial charge < -0.3 is 4.90 Å². The second-order valence-electron chi connectivity index (χ2n) is 9.37. The van der Waals surface area contributed by atoms with Crippen molar-refractivity contribution >= 4 is 14.9 Å². The van der Waals surface area contributed by atoms with Crippen LogP contribution in [0.15, 0.2) is 48.5 Å². The summed E-state index contributed by atoms with van der Waals surface area (Å²) in [7, 11) is 4.58. The second-order valence-corrected chi connectivity index (χ2v) is 9.37. The van der Waals surface area contributed by atoms with E-state index in [1.807, 2.05) is 0 Å². The van der Waals surface area contributed by atoms with Crippen LogP contribution < -0.4 is 4.90 Å². The van der Waals surface area contributed by atoms with Crippen LogP contribution in [0.1, 0.15) is 83.4 Å². The molecule has 1 aliphatic rings. The van der Waals surface area contributed by atoms with E-state index in [2.05, 4.69) is 118 Å². The number of hydrogen-bond donors (Lipinski definition) is 0. The average molecular weight is 581 g/mol. The predicted octanol–water partition coefficient (Wildman–Crippen LogP) is 7.73. The van der Waals surface area contributed by atoms with Crippen molar-refractivity contribution in [3.63, 3.8) is 0 Å². The van der Waals surface area contributed by atoms with E-state index in [0.717, 1.165) is 6.42 Å². The van der Waals surface area contributed by atoms with Crippen LogP contribution >= 0.6 is 9.19 Å². The van der Waals surface area contributed by atoms with Crippen LogP contribution in [-0.4, -0.2) is 5.54 Å². The summed E-state index contributed by atoms with van der Waals surface area (Å²) in [6, 6.07) is 17.8. The monoisotopic (exact) mass is 580 g/mol. The van der Waals surface area contributed by atoms with E-state index in [4.69, 9.17) is 0 Å². The Morgan fingerprint density at radius 3 is 1.82 bits per heavy atom. The van der Waals surface area contributed by atoms with Crippen molar-refractivity contribution in [1.82, 2.24) is 0 Å². The fourth-order valence-electron chi connectivity index (χ4n) is 4.64. The Morgan fingerprint density at radius 2 is 1.36 bits per heavy atom. The first kappa shape index (κ1) is 23.5. The van der Waals surface area contributed by atoms with Gasteiger partial charge in [0.05, 0.1) is 0 Å². The van der Waals surface area contributed by atoms with E-state index < -0.39 is 0 Å².